The van der Waals surface area contributed by atoms with E-state index in [0.29, 0.717) is 5.56 Å². The van der Waals surface area contributed by atoms with E-state index in [1.54, 1.807) is 13.3 Å². The molecule has 1 aromatic heterocycles. The number of rotatable bonds is 3. The molecule has 1 heterocycles. The maximum absolute atomic E-state index is 9.37. The molecule has 0 aliphatic heterocycles. The fourth-order valence-corrected chi connectivity index (χ4v) is 2.30. The maximum Gasteiger partial charge on any atom is 0.119 e. The Morgan fingerprint density at radius 1 is 1.14 bits per heavy atom. The van der Waals surface area contributed by atoms with E-state index in [1.807, 2.05) is 49.4 Å². The molecular weight excluding hydrogens is 274 g/mol. The summed E-state index contributed by atoms with van der Waals surface area (Å²) in [4.78, 5) is 4.33. The lowest BCUT2D eigenvalue weighted by molar-refractivity contribution is 0.415. The van der Waals surface area contributed by atoms with E-state index < -0.39 is 0 Å². The predicted molar refractivity (Wildman–Crippen MR) is 87.5 cm³/mol. The molecule has 0 amide bonds. The third-order valence-corrected chi connectivity index (χ3v) is 3.52. The molecule has 0 aliphatic carbocycles. The first kappa shape index (κ1) is 13.9. The minimum absolute atomic E-state index is 0.501. The Hall–Kier alpha value is -3.06. The lowest BCUT2D eigenvalue weighted by atomic mass is 10.1. The summed E-state index contributed by atoms with van der Waals surface area (Å²) in [7, 11) is 1.62. The third kappa shape index (κ3) is 2.57. The Morgan fingerprint density at radius 2 is 1.91 bits per heavy atom. The molecule has 0 bridgehead atoms. The zero-order valence-corrected chi connectivity index (χ0v) is 12.4. The van der Waals surface area contributed by atoms with Crippen molar-refractivity contribution in [2.24, 2.45) is 0 Å². The van der Waals surface area contributed by atoms with Crippen LogP contribution in [0.2, 0.25) is 0 Å². The first-order valence-electron chi connectivity index (χ1n) is 6.92. The number of nitrogens with zero attached hydrogens (tertiary/aromatic N) is 2. The molecule has 0 fully saturated rings. The number of anilines is 2. The van der Waals surface area contributed by atoms with Crippen molar-refractivity contribution in [3.05, 3.63) is 59.8 Å². The molecule has 4 heteroatoms. The molecule has 1 N–H and O–H groups in total. The molecular formula is C18H15N3O. The van der Waals surface area contributed by atoms with Crippen molar-refractivity contribution in [2.75, 3.05) is 12.4 Å². The zero-order chi connectivity index (χ0) is 15.5. The van der Waals surface area contributed by atoms with Gasteiger partial charge in [-0.2, -0.15) is 5.26 Å². The lowest BCUT2D eigenvalue weighted by Crippen LogP contribution is -1.97. The Balaban J connectivity index is 2.16. The smallest absolute Gasteiger partial charge is 0.119 e. The highest BCUT2D eigenvalue weighted by Gasteiger charge is 2.10. The predicted octanol–water partition coefficient (Wildman–Crippen LogP) is 4.17. The summed E-state index contributed by atoms with van der Waals surface area (Å²) in [5.41, 5.74) is 4.18. The molecule has 22 heavy (non-hydrogen) atoms. The van der Waals surface area contributed by atoms with Crippen molar-refractivity contribution in [3.63, 3.8) is 0 Å². The van der Waals surface area contributed by atoms with Crippen LogP contribution < -0.4 is 10.1 Å². The lowest BCUT2D eigenvalue weighted by Gasteiger charge is -2.12. The van der Waals surface area contributed by atoms with Gasteiger partial charge in [0.15, 0.2) is 0 Å². The van der Waals surface area contributed by atoms with Gasteiger partial charge in [0.05, 0.1) is 23.9 Å². The molecule has 2 aromatic carbocycles. The average Bonchev–Trinajstić information content (AvgIpc) is 2.56. The van der Waals surface area contributed by atoms with Crippen molar-refractivity contribution in [2.45, 2.75) is 6.92 Å². The summed E-state index contributed by atoms with van der Waals surface area (Å²) < 4.78 is 5.28. The molecule has 0 radical (unpaired) electrons. The largest absolute Gasteiger partial charge is 0.497 e. The molecule has 0 atom stereocenters. The summed E-state index contributed by atoms with van der Waals surface area (Å²) >= 11 is 0. The van der Waals surface area contributed by atoms with Gasteiger partial charge in [0.1, 0.15) is 11.8 Å². The van der Waals surface area contributed by atoms with E-state index in [0.717, 1.165) is 28.0 Å². The van der Waals surface area contributed by atoms with Gasteiger partial charge >= 0.3 is 0 Å². The van der Waals surface area contributed by atoms with E-state index >= 15 is 0 Å². The van der Waals surface area contributed by atoms with Crippen LogP contribution in [0.1, 0.15) is 11.1 Å². The first-order chi connectivity index (χ1) is 10.7. The van der Waals surface area contributed by atoms with E-state index in [9.17, 15) is 5.26 Å². The zero-order valence-electron chi connectivity index (χ0n) is 12.4. The van der Waals surface area contributed by atoms with Crippen LogP contribution in [0.4, 0.5) is 11.4 Å². The van der Waals surface area contributed by atoms with E-state index in [4.69, 9.17) is 4.74 Å². The van der Waals surface area contributed by atoms with Gasteiger partial charge in [-0.15, -0.1) is 0 Å². The molecule has 108 valence electrons. The topological polar surface area (TPSA) is 57.9 Å². The highest BCUT2D eigenvalue weighted by molar-refractivity contribution is 5.96. The first-order valence-corrected chi connectivity index (χ1v) is 6.92. The number of aromatic nitrogens is 1. The van der Waals surface area contributed by atoms with Gasteiger partial charge < -0.3 is 10.1 Å². The number of fused-ring (bicyclic) bond motifs is 1. The van der Waals surface area contributed by atoms with Gasteiger partial charge in [-0.1, -0.05) is 17.7 Å². The molecule has 0 unspecified atom stereocenters. The Morgan fingerprint density at radius 3 is 2.59 bits per heavy atom. The van der Waals surface area contributed by atoms with Crippen LogP contribution in [0.3, 0.4) is 0 Å². The monoisotopic (exact) mass is 289 g/mol. The number of methoxy groups -OCH3 is 1. The van der Waals surface area contributed by atoms with Crippen LogP contribution in [-0.4, -0.2) is 12.1 Å². The van der Waals surface area contributed by atoms with Crippen LogP contribution >= 0.6 is 0 Å². The summed E-state index contributed by atoms with van der Waals surface area (Å²) in [6.45, 7) is 2.04. The van der Waals surface area contributed by atoms with Crippen LogP contribution in [0, 0.1) is 18.3 Å². The molecule has 3 rings (SSSR count). The van der Waals surface area contributed by atoms with Crippen LogP contribution in [0.5, 0.6) is 5.75 Å². The second-order valence-electron chi connectivity index (χ2n) is 5.03. The van der Waals surface area contributed by atoms with Gasteiger partial charge in [-0.25, -0.2) is 0 Å². The van der Waals surface area contributed by atoms with E-state index in [-0.39, 0.29) is 0 Å². The van der Waals surface area contributed by atoms with E-state index in [1.165, 1.54) is 5.56 Å². The minimum atomic E-state index is 0.501. The number of benzene rings is 2. The van der Waals surface area contributed by atoms with Crippen LogP contribution in [-0.2, 0) is 0 Å². The Kier molecular flexibility index (Phi) is 3.63. The number of aryl methyl sites for hydroxylation is 1. The average molecular weight is 289 g/mol. The van der Waals surface area contributed by atoms with E-state index in [2.05, 4.69) is 16.4 Å². The number of nitriles is 1. The maximum atomic E-state index is 9.37. The van der Waals surface area contributed by atoms with Crippen molar-refractivity contribution >= 4 is 22.3 Å². The molecule has 0 aliphatic rings. The Labute approximate surface area is 129 Å². The summed E-state index contributed by atoms with van der Waals surface area (Å²) in [5, 5.41) is 13.6. The fourth-order valence-electron chi connectivity index (χ4n) is 2.30. The summed E-state index contributed by atoms with van der Waals surface area (Å²) in [6, 6.07) is 15.9. The normalized spacial score (nSPS) is 10.2. The number of ether oxygens (including phenoxy) is 1. The van der Waals surface area contributed by atoms with Crippen molar-refractivity contribution in [3.8, 4) is 11.8 Å². The standard InChI is InChI=1S/C18H15N3O/c1-12-3-5-14(6-4-12)21-18-13(10-19)11-20-17-8-7-15(22-2)9-16(17)18/h3-9,11H,1-2H3,(H,20,21). The molecule has 0 saturated heterocycles. The van der Waals surface area contributed by atoms with Crippen LogP contribution in [0.25, 0.3) is 10.9 Å². The SMILES string of the molecule is COc1ccc2ncc(C#N)c(Nc3ccc(C)cc3)c2c1. The second-order valence-corrected chi connectivity index (χ2v) is 5.03. The molecule has 4 nitrogen and oxygen atoms in total. The number of hydrogen-bond donors (Lipinski definition) is 1. The Bertz CT molecular complexity index is 864. The molecule has 3 aromatic rings. The highest BCUT2D eigenvalue weighted by Crippen LogP contribution is 2.31. The van der Waals surface area contributed by atoms with Gasteiger partial charge in [-0.3, -0.25) is 4.98 Å². The minimum Gasteiger partial charge on any atom is -0.497 e. The number of nitrogens with one attached hydrogen (secondary N) is 1. The number of hydrogen-bond acceptors (Lipinski definition) is 4. The quantitative estimate of drug-likeness (QED) is 0.786. The third-order valence-electron chi connectivity index (χ3n) is 3.52. The van der Waals surface area contributed by atoms with Crippen molar-refractivity contribution in [1.82, 2.24) is 4.98 Å². The van der Waals surface area contributed by atoms with Crippen LogP contribution in [0.15, 0.2) is 48.7 Å². The summed E-state index contributed by atoms with van der Waals surface area (Å²) in [6.07, 6.45) is 1.59. The highest BCUT2D eigenvalue weighted by atomic mass is 16.5. The van der Waals surface area contributed by atoms with Gasteiger partial charge in [0.2, 0.25) is 0 Å². The molecule has 0 saturated carbocycles. The van der Waals surface area contributed by atoms with Crippen molar-refractivity contribution in [1.29, 1.82) is 5.26 Å². The van der Waals surface area contributed by atoms with Gasteiger partial charge in [0, 0.05) is 17.3 Å². The number of pyridine rings is 1. The van der Waals surface area contributed by atoms with Gasteiger partial charge in [0.25, 0.3) is 0 Å². The van der Waals surface area contributed by atoms with Gasteiger partial charge in [-0.05, 0) is 37.3 Å². The fraction of sp³-hybridized carbons (Fsp3) is 0.111. The van der Waals surface area contributed by atoms with Crippen molar-refractivity contribution < 1.29 is 4.74 Å². The summed E-state index contributed by atoms with van der Waals surface area (Å²) in [5.74, 6) is 0.733. The molecule has 0 spiro atoms. The second kappa shape index (κ2) is 5.74.